The van der Waals surface area contributed by atoms with Gasteiger partial charge >= 0.3 is 0 Å². The number of rotatable bonds is 3. The van der Waals surface area contributed by atoms with E-state index >= 15 is 0 Å². The number of amides is 1. The molecule has 2 aromatic rings. The van der Waals surface area contributed by atoms with Crippen molar-refractivity contribution in [3.63, 3.8) is 0 Å². The molecular weight excluding hydrogens is 402 g/mol. The van der Waals surface area contributed by atoms with E-state index in [0.29, 0.717) is 43.9 Å². The van der Waals surface area contributed by atoms with Gasteiger partial charge in [0.25, 0.3) is 10.0 Å². The monoisotopic (exact) mass is 427 g/mol. The number of aromatic nitrogens is 2. The van der Waals surface area contributed by atoms with Crippen LogP contribution in [0, 0.1) is 5.92 Å². The predicted octanol–water partition coefficient (Wildman–Crippen LogP) is 1.70. The number of imidazole rings is 1. The Balaban J connectivity index is 1.18. The summed E-state index contributed by atoms with van der Waals surface area (Å²) in [5.41, 5.74) is 1.57. The van der Waals surface area contributed by atoms with Crippen molar-refractivity contribution in [2.75, 3.05) is 13.1 Å². The molecule has 1 amide bonds. The van der Waals surface area contributed by atoms with Crippen LogP contribution in [0.2, 0.25) is 0 Å². The number of nitrogens with one attached hydrogen (secondary N) is 1. The molecule has 0 aliphatic carbocycles. The average molecular weight is 428 g/mol. The number of nitrogens with zero attached hydrogens (tertiary/aromatic N) is 4. The van der Waals surface area contributed by atoms with E-state index in [-0.39, 0.29) is 16.7 Å². The Morgan fingerprint density at radius 3 is 2.73 bits per heavy atom. The standard InChI is InChI=1S/C21H25N5O3S/c27-21(22-13-16-14-26-10-4-3-7-19(26)23-16)15-8-11-25(12-9-15)20-17-5-1-2-6-18(17)30(28,29)24-20/h1-2,5-6,14-15H,3-4,7-13H2,(H,22,27). The van der Waals surface area contributed by atoms with E-state index in [1.54, 1.807) is 18.2 Å². The maximum Gasteiger partial charge on any atom is 0.285 e. The number of benzene rings is 1. The van der Waals surface area contributed by atoms with Crippen LogP contribution in [-0.2, 0) is 34.3 Å². The lowest BCUT2D eigenvalue weighted by Gasteiger charge is -2.32. The predicted molar refractivity (Wildman–Crippen MR) is 111 cm³/mol. The number of hydrogen-bond acceptors (Lipinski definition) is 5. The van der Waals surface area contributed by atoms with Crippen molar-refractivity contribution in [2.24, 2.45) is 10.3 Å². The number of aryl methyl sites for hydroxylation is 2. The molecule has 5 rings (SSSR count). The molecule has 30 heavy (non-hydrogen) atoms. The molecule has 9 heteroatoms. The van der Waals surface area contributed by atoms with E-state index in [2.05, 4.69) is 19.3 Å². The van der Waals surface area contributed by atoms with Crippen LogP contribution in [0.5, 0.6) is 0 Å². The summed E-state index contributed by atoms with van der Waals surface area (Å²) in [6.45, 7) is 2.69. The Morgan fingerprint density at radius 2 is 1.93 bits per heavy atom. The molecule has 1 saturated heterocycles. The lowest BCUT2D eigenvalue weighted by atomic mass is 9.95. The van der Waals surface area contributed by atoms with Gasteiger partial charge in [0.2, 0.25) is 5.91 Å². The summed E-state index contributed by atoms with van der Waals surface area (Å²) in [6.07, 6.45) is 6.77. The Labute approximate surface area is 176 Å². The van der Waals surface area contributed by atoms with Gasteiger partial charge < -0.3 is 14.8 Å². The second-order valence-corrected chi connectivity index (χ2v) is 9.74. The molecule has 1 fully saturated rings. The fraction of sp³-hybridized carbons (Fsp3) is 0.476. The fourth-order valence-electron chi connectivity index (χ4n) is 4.55. The molecule has 1 aromatic carbocycles. The van der Waals surface area contributed by atoms with Gasteiger partial charge in [0.15, 0.2) is 5.84 Å². The van der Waals surface area contributed by atoms with Crippen LogP contribution in [0.25, 0.3) is 0 Å². The normalized spacial score (nSPS) is 20.4. The Bertz CT molecular complexity index is 1090. The van der Waals surface area contributed by atoms with Gasteiger partial charge in [0.05, 0.1) is 12.2 Å². The zero-order valence-corrected chi connectivity index (χ0v) is 17.6. The van der Waals surface area contributed by atoms with Crippen LogP contribution < -0.4 is 5.32 Å². The highest BCUT2D eigenvalue weighted by Crippen LogP contribution is 2.29. The van der Waals surface area contributed by atoms with Crippen LogP contribution in [0.1, 0.15) is 42.8 Å². The smallest absolute Gasteiger partial charge is 0.285 e. The van der Waals surface area contributed by atoms with Gasteiger partial charge in [-0.15, -0.1) is 4.40 Å². The highest BCUT2D eigenvalue weighted by Gasteiger charge is 2.34. The molecule has 1 aromatic heterocycles. The van der Waals surface area contributed by atoms with E-state index < -0.39 is 10.0 Å². The van der Waals surface area contributed by atoms with Crippen LogP contribution >= 0.6 is 0 Å². The van der Waals surface area contributed by atoms with Crippen molar-refractivity contribution in [3.8, 4) is 0 Å². The summed E-state index contributed by atoms with van der Waals surface area (Å²) in [5.74, 6) is 1.59. The topological polar surface area (TPSA) is 96.7 Å². The Morgan fingerprint density at radius 1 is 1.13 bits per heavy atom. The van der Waals surface area contributed by atoms with Gasteiger partial charge in [0, 0.05) is 43.7 Å². The summed E-state index contributed by atoms with van der Waals surface area (Å²) < 4.78 is 30.8. The van der Waals surface area contributed by atoms with Crippen molar-refractivity contribution < 1.29 is 13.2 Å². The van der Waals surface area contributed by atoms with Gasteiger partial charge in [0.1, 0.15) is 10.7 Å². The first-order chi connectivity index (χ1) is 14.5. The molecule has 0 saturated carbocycles. The zero-order valence-electron chi connectivity index (χ0n) is 16.7. The molecule has 3 aliphatic rings. The minimum atomic E-state index is -3.62. The minimum absolute atomic E-state index is 0.0435. The summed E-state index contributed by atoms with van der Waals surface area (Å²) in [4.78, 5) is 19.5. The molecule has 0 bridgehead atoms. The van der Waals surface area contributed by atoms with E-state index in [0.717, 1.165) is 24.5 Å². The van der Waals surface area contributed by atoms with Crippen molar-refractivity contribution in [1.82, 2.24) is 19.8 Å². The SMILES string of the molecule is O=C(NCc1cn2c(n1)CCCC2)C1CCN(C2=NS(=O)(=O)c3ccccc32)CC1. The lowest BCUT2D eigenvalue weighted by Crippen LogP contribution is -2.43. The molecular formula is C21H25N5O3S. The first-order valence-corrected chi connectivity index (χ1v) is 12.0. The maximum atomic E-state index is 12.7. The molecule has 0 unspecified atom stereocenters. The van der Waals surface area contributed by atoms with Crippen LogP contribution in [0.4, 0.5) is 0 Å². The summed E-state index contributed by atoms with van der Waals surface area (Å²) in [5, 5.41) is 3.03. The van der Waals surface area contributed by atoms with Gasteiger partial charge in [-0.3, -0.25) is 4.79 Å². The van der Waals surface area contributed by atoms with Crippen LogP contribution in [0.15, 0.2) is 39.8 Å². The van der Waals surface area contributed by atoms with Crippen molar-refractivity contribution >= 4 is 21.8 Å². The average Bonchev–Trinajstić information content (AvgIpc) is 3.30. The van der Waals surface area contributed by atoms with E-state index in [1.165, 1.54) is 12.8 Å². The number of likely N-dealkylation sites (tertiary alicyclic amines) is 1. The van der Waals surface area contributed by atoms with E-state index in [1.807, 2.05) is 17.2 Å². The molecule has 0 radical (unpaired) electrons. The number of piperidine rings is 1. The van der Waals surface area contributed by atoms with E-state index in [9.17, 15) is 13.2 Å². The lowest BCUT2D eigenvalue weighted by molar-refractivity contribution is -0.126. The third-order valence-electron chi connectivity index (χ3n) is 6.18. The maximum absolute atomic E-state index is 12.7. The van der Waals surface area contributed by atoms with Gasteiger partial charge in [-0.25, -0.2) is 4.98 Å². The Kier molecular flexibility index (Phi) is 4.85. The summed E-state index contributed by atoms with van der Waals surface area (Å²) in [6, 6.07) is 6.92. The second kappa shape index (κ2) is 7.54. The van der Waals surface area contributed by atoms with E-state index in [4.69, 9.17) is 0 Å². The van der Waals surface area contributed by atoms with Crippen molar-refractivity contribution in [1.29, 1.82) is 0 Å². The van der Waals surface area contributed by atoms with Crippen LogP contribution in [0.3, 0.4) is 0 Å². The highest BCUT2D eigenvalue weighted by molar-refractivity contribution is 7.90. The zero-order chi connectivity index (χ0) is 20.7. The van der Waals surface area contributed by atoms with Crippen molar-refractivity contribution in [2.45, 2.75) is 50.1 Å². The van der Waals surface area contributed by atoms with Crippen LogP contribution in [-0.4, -0.2) is 47.7 Å². The third kappa shape index (κ3) is 3.51. The molecule has 158 valence electrons. The molecule has 8 nitrogen and oxygen atoms in total. The molecule has 3 aliphatic heterocycles. The number of sulfonamides is 1. The minimum Gasteiger partial charge on any atom is -0.355 e. The fourth-order valence-corrected chi connectivity index (χ4v) is 5.78. The Hall–Kier alpha value is -2.68. The number of carbonyl (C=O) groups excluding carboxylic acids is 1. The summed E-state index contributed by atoms with van der Waals surface area (Å²) in [7, 11) is -3.62. The van der Waals surface area contributed by atoms with Gasteiger partial charge in [-0.1, -0.05) is 12.1 Å². The second-order valence-electron chi connectivity index (χ2n) is 8.16. The molecule has 4 heterocycles. The molecule has 0 spiro atoms. The number of carbonyl (C=O) groups is 1. The molecule has 0 atom stereocenters. The van der Waals surface area contributed by atoms with Gasteiger partial charge in [-0.2, -0.15) is 8.42 Å². The number of hydrogen-bond donors (Lipinski definition) is 1. The molecule has 1 N–H and O–H groups in total. The first kappa shape index (κ1) is 19.3. The van der Waals surface area contributed by atoms with Gasteiger partial charge in [-0.05, 0) is 37.8 Å². The number of fused-ring (bicyclic) bond motifs is 2. The summed E-state index contributed by atoms with van der Waals surface area (Å²) >= 11 is 0. The number of amidine groups is 1. The van der Waals surface area contributed by atoms with Crippen molar-refractivity contribution in [3.05, 3.63) is 47.5 Å². The first-order valence-electron chi connectivity index (χ1n) is 10.5. The largest absolute Gasteiger partial charge is 0.355 e. The highest BCUT2D eigenvalue weighted by atomic mass is 32.2. The third-order valence-corrected chi connectivity index (χ3v) is 7.51. The quantitative estimate of drug-likeness (QED) is 0.804.